The van der Waals surface area contributed by atoms with Crippen LogP contribution >= 0.6 is 22.7 Å². The molecule has 38 heavy (non-hydrogen) atoms. The third-order valence-corrected chi connectivity index (χ3v) is 8.99. The fourth-order valence-electron chi connectivity index (χ4n) is 4.68. The average molecular weight is 551 g/mol. The van der Waals surface area contributed by atoms with Gasteiger partial charge in [-0.05, 0) is 55.4 Å². The van der Waals surface area contributed by atoms with Crippen LogP contribution in [0.5, 0.6) is 0 Å². The van der Waals surface area contributed by atoms with E-state index in [1.54, 1.807) is 19.1 Å². The Labute approximate surface area is 226 Å². The number of rotatable bonds is 6. The van der Waals surface area contributed by atoms with Gasteiger partial charge in [-0.3, -0.25) is 19.0 Å². The van der Waals surface area contributed by atoms with Gasteiger partial charge in [-0.2, -0.15) is 0 Å². The molecule has 1 unspecified atom stereocenters. The Morgan fingerprint density at radius 1 is 1.16 bits per heavy atom. The van der Waals surface area contributed by atoms with Gasteiger partial charge < -0.3 is 15.4 Å². The van der Waals surface area contributed by atoms with Crippen LogP contribution in [-0.4, -0.2) is 34.4 Å². The van der Waals surface area contributed by atoms with E-state index in [2.05, 4.69) is 22.5 Å². The molecule has 1 aromatic carbocycles. The lowest BCUT2D eigenvalue weighted by Crippen LogP contribution is -2.28. The lowest BCUT2D eigenvalue weighted by atomic mass is 9.88. The normalized spacial score (nSPS) is 14.7. The van der Waals surface area contributed by atoms with Gasteiger partial charge in [0.25, 0.3) is 11.5 Å². The zero-order valence-electron chi connectivity index (χ0n) is 21.1. The molecular formula is C27H26N4O5S2. The highest BCUT2D eigenvalue weighted by molar-refractivity contribution is 7.20. The van der Waals surface area contributed by atoms with Crippen LogP contribution < -0.4 is 16.2 Å². The van der Waals surface area contributed by atoms with Gasteiger partial charge in [0.15, 0.2) is 0 Å². The molecule has 0 spiro atoms. The minimum atomic E-state index is -0.484. The van der Waals surface area contributed by atoms with E-state index >= 15 is 0 Å². The molecule has 2 amide bonds. The van der Waals surface area contributed by atoms with Crippen molar-refractivity contribution in [3.8, 4) is 0 Å². The number of para-hydroxylation sites is 1. The average Bonchev–Trinajstić information content (AvgIpc) is 3.42. The van der Waals surface area contributed by atoms with Gasteiger partial charge in [-0.15, -0.1) is 22.7 Å². The monoisotopic (exact) mass is 550 g/mol. The molecule has 2 N–H and O–H groups in total. The Morgan fingerprint density at radius 3 is 2.66 bits per heavy atom. The summed E-state index contributed by atoms with van der Waals surface area (Å²) in [4.78, 5) is 57.9. The van der Waals surface area contributed by atoms with E-state index in [1.165, 1.54) is 29.3 Å². The quantitative estimate of drug-likeness (QED) is 0.338. The second-order valence-corrected chi connectivity index (χ2v) is 11.4. The Bertz CT molecular complexity index is 1620. The molecule has 196 valence electrons. The van der Waals surface area contributed by atoms with Crippen molar-refractivity contribution in [1.82, 2.24) is 9.55 Å². The lowest BCUT2D eigenvalue weighted by Gasteiger charge is -2.18. The van der Waals surface area contributed by atoms with Gasteiger partial charge >= 0.3 is 5.97 Å². The smallest absolute Gasteiger partial charge is 0.341 e. The molecule has 4 aromatic rings. The lowest BCUT2D eigenvalue weighted by molar-refractivity contribution is -0.116. The summed E-state index contributed by atoms with van der Waals surface area (Å²) in [6, 6.07) is 9.05. The number of nitrogens with zero attached hydrogens (tertiary/aromatic N) is 2. The number of esters is 1. The molecule has 3 aromatic heterocycles. The Kier molecular flexibility index (Phi) is 7.13. The summed E-state index contributed by atoms with van der Waals surface area (Å²) in [6.07, 6.45) is 3.87. The van der Waals surface area contributed by atoms with Crippen molar-refractivity contribution in [1.29, 1.82) is 0 Å². The van der Waals surface area contributed by atoms with Crippen molar-refractivity contribution >= 4 is 61.4 Å². The number of carbonyl (C=O) groups is 3. The third-order valence-electron chi connectivity index (χ3n) is 6.62. The van der Waals surface area contributed by atoms with Gasteiger partial charge in [0.2, 0.25) is 5.91 Å². The number of thiophene rings is 2. The first-order valence-electron chi connectivity index (χ1n) is 12.1. The summed E-state index contributed by atoms with van der Waals surface area (Å²) in [7, 11) is 1.32. The minimum Gasteiger partial charge on any atom is -0.465 e. The zero-order valence-corrected chi connectivity index (χ0v) is 22.8. The maximum atomic E-state index is 13.3. The number of aromatic nitrogens is 2. The molecule has 1 aliphatic rings. The summed E-state index contributed by atoms with van der Waals surface area (Å²) in [5, 5.41) is 6.39. The summed E-state index contributed by atoms with van der Waals surface area (Å²) in [6.45, 7) is 3.58. The summed E-state index contributed by atoms with van der Waals surface area (Å²) >= 11 is 2.52. The molecule has 0 saturated heterocycles. The number of methoxy groups -OCH3 is 1. The molecule has 5 rings (SSSR count). The van der Waals surface area contributed by atoms with Crippen LogP contribution in [0.2, 0.25) is 0 Å². The van der Waals surface area contributed by atoms with Crippen LogP contribution in [-0.2, 0) is 28.9 Å². The highest BCUT2D eigenvalue weighted by Gasteiger charge is 2.29. The number of benzene rings is 1. The van der Waals surface area contributed by atoms with E-state index in [0.717, 1.165) is 41.0 Å². The molecule has 0 bridgehead atoms. The molecule has 1 aliphatic carbocycles. The number of fused-ring (bicyclic) bond motifs is 2. The zero-order chi connectivity index (χ0) is 27.0. The summed E-state index contributed by atoms with van der Waals surface area (Å²) in [5.74, 6) is -0.769. The molecule has 1 atom stereocenters. The molecule has 3 heterocycles. The molecule has 11 heteroatoms. The van der Waals surface area contributed by atoms with Crippen LogP contribution in [0.25, 0.3) is 10.2 Å². The molecular weight excluding hydrogens is 524 g/mol. The predicted octanol–water partition coefficient (Wildman–Crippen LogP) is 4.63. The second-order valence-electron chi connectivity index (χ2n) is 9.33. The van der Waals surface area contributed by atoms with Crippen molar-refractivity contribution < 1.29 is 19.1 Å². The Morgan fingerprint density at radius 2 is 1.92 bits per heavy atom. The number of hydrogen-bond acceptors (Lipinski definition) is 8. The number of aryl methyl sites for hydroxylation is 1. The second kappa shape index (κ2) is 10.5. The van der Waals surface area contributed by atoms with E-state index in [-0.39, 0.29) is 12.5 Å². The van der Waals surface area contributed by atoms with Crippen LogP contribution in [0.3, 0.4) is 0 Å². The maximum Gasteiger partial charge on any atom is 0.341 e. The van der Waals surface area contributed by atoms with Crippen molar-refractivity contribution in [2.45, 2.75) is 39.7 Å². The van der Waals surface area contributed by atoms with E-state index in [4.69, 9.17) is 4.74 Å². The number of hydrogen-bond donors (Lipinski definition) is 2. The van der Waals surface area contributed by atoms with Crippen LogP contribution in [0, 0.1) is 12.8 Å². The number of ether oxygens (including phenoxy) is 1. The highest BCUT2D eigenvalue weighted by atomic mass is 32.1. The van der Waals surface area contributed by atoms with E-state index in [1.807, 2.05) is 18.2 Å². The minimum absolute atomic E-state index is 0.289. The van der Waals surface area contributed by atoms with Crippen molar-refractivity contribution in [3.63, 3.8) is 0 Å². The molecule has 0 aliphatic heterocycles. The number of carbonyl (C=O) groups excluding carboxylic acids is 3. The van der Waals surface area contributed by atoms with E-state index in [0.29, 0.717) is 42.8 Å². The molecule has 0 saturated carbocycles. The van der Waals surface area contributed by atoms with Gasteiger partial charge in [0.05, 0.1) is 29.3 Å². The summed E-state index contributed by atoms with van der Waals surface area (Å²) in [5.41, 5.74) is 2.08. The van der Waals surface area contributed by atoms with E-state index in [9.17, 15) is 19.2 Å². The van der Waals surface area contributed by atoms with Crippen molar-refractivity contribution in [3.05, 3.63) is 73.5 Å². The number of nitrogens with one attached hydrogen (secondary N) is 2. The predicted molar refractivity (Wildman–Crippen MR) is 148 cm³/mol. The van der Waals surface area contributed by atoms with Gasteiger partial charge in [-0.1, -0.05) is 25.1 Å². The van der Waals surface area contributed by atoms with Crippen LogP contribution in [0.15, 0.2) is 41.5 Å². The highest BCUT2D eigenvalue weighted by Crippen LogP contribution is 2.40. The fraction of sp³-hybridized carbons (Fsp3) is 0.296. The first-order valence-corrected chi connectivity index (χ1v) is 13.8. The van der Waals surface area contributed by atoms with Crippen LogP contribution in [0.1, 0.15) is 49.4 Å². The number of anilines is 2. The van der Waals surface area contributed by atoms with Gasteiger partial charge in [-0.25, -0.2) is 9.78 Å². The first kappa shape index (κ1) is 25.8. The van der Waals surface area contributed by atoms with Crippen molar-refractivity contribution in [2.75, 3.05) is 17.7 Å². The third kappa shape index (κ3) is 4.86. The first-order chi connectivity index (χ1) is 18.3. The SMILES string of the molecule is COC(=O)c1c(NC(=O)Cn2cnc3sc(C(=O)Nc4ccccc4)c(C)c3c2=O)sc2c1CCC(C)C2. The number of amides is 2. The van der Waals surface area contributed by atoms with Crippen LogP contribution in [0.4, 0.5) is 10.7 Å². The van der Waals surface area contributed by atoms with E-state index < -0.39 is 17.4 Å². The standard InChI is InChI=1S/C27H26N4O5S2/c1-14-9-10-17-18(11-14)37-25(21(17)27(35)36-3)30-19(32)12-31-13-28-24-20(26(31)34)15(2)22(38-24)23(33)29-16-7-5-4-6-8-16/h4-8,13-14H,9-12H2,1-3H3,(H,29,33)(H,30,32). The van der Waals surface area contributed by atoms with Gasteiger partial charge in [0, 0.05) is 10.6 Å². The Hall–Kier alpha value is -3.83. The summed E-state index contributed by atoms with van der Waals surface area (Å²) < 4.78 is 6.20. The fourth-order valence-corrected chi connectivity index (χ4v) is 7.13. The molecule has 9 nitrogen and oxygen atoms in total. The maximum absolute atomic E-state index is 13.3. The Balaban J connectivity index is 1.39. The molecule has 0 fully saturated rings. The molecule has 0 radical (unpaired) electrons. The largest absolute Gasteiger partial charge is 0.465 e. The van der Waals surface area contributed by atoms with Crippen molar-refractivity contribution in [2.24, 2.45) is 5.92 Å². The topological polar surface area (TPSA) is 119 Å². The van der Waals surface area contributed by atoms with Gasteiger partial charge in [0.1, 0.15) is 16.4 Å².